The predicted molar refractivity (Wildman–Crippen MR) is 156 cm³/mol. The molecule has 1 aromatic heterocycles. The first-order chi connectivity index (χ1) is 19.7. The molecule has 0 saturated heterocycles. The minimum atomic E-state index is -0.888. The maximum absolute atomic E-state index is 13.6. The maximum atomic E-state index is 13.6. The second-order valence-electron chi connectivity index (χ2n) is 9.97. The number of nitrogens with one attached hydrogen (secondary N) is 1. The molecule has 1 N–H and O–H groups in total. The largest absolute Gasteiger partial charge is 0.496 e. The van der Waals surface area contributed by atoms with Gasteiger partial charge in [-0.15, -0.1) is 0 Å². The van der Waals surface area contributed by atoms with E-state index in [4.69, 9.17) is 14.2 Å². The molecule has 41 heavy (non-hydrogen) atoms. The zero-order valence-electron chi connectivity index (χ0n) is 24.7. The van der Waals surface area contributed by atoms with Crippen LogP contribution < -0.4 is 14.8 Å². The second kappa shape index (κ2) is 14.9. The lowest BCUT2D eigenvalue weighted by Crippen LogP contribution is -2.49. The van der Waals surface area contributed by atoms with Crippen LogP contribution in [0.3, 0.4) is 0 Å². The van der Waals surface area contributed by atoms with Gasteiger partial charge in [0.2, 0.25) is 5.91 Å². The fraction of sp³-hybridized carbons (Fsp3) is 0.419. The Morgan fingerprint density at radius 1 is 1.00 bits per heavy atom. The molecule has 1 heterocycles. The lowest BCUT2D eigenvalue weighted by Gasteiger charge is -2.23. The third-order valence-corrected chi connectivity index (χ3v) is 7.02. The topological polar surface area (TPSA) is 112 Å². The van der Waals surface area contributed by atoms with E-state index in [-0.39, 0.29) is 18.2 Å². The van der Waals surface area contributed by atoms with Crippen molar-refractivity contribution in [2.45, 2.75) is 45.7 Å². The highest BCUT2D eigenvalue weighted by molar-refractivity contribution is 5.97. The van der Waals surface area contributed by atoms with Crippen molar-refractivity contribution < 1.29 is 28.6 Å². The highest BCUT2D eigenvalue weighted by Crippen LogP contribution is 2.39. The molecular formula is C31H40N4O6. The number of esters is 1. The Morgan fingerprint density at radius 3 is 2.24 bits per heavy atom. The number of carbonyl (C=O) groups excluding carboxylic acids is 3. The van der Waals surface area contributed by atoms with Crippen LogP contribution in [-0.4, -0.2) is 73.4 Å². The van der Waals surface area contributed by atoms with Crippen molar-refractivity contribution in [3.63, 3.8) is 0 Å². The average Bonchev–Trinajstić information content (AvgIpc) is 3.41. The molecule has 1 unspecified atom stereocenters. The van der Waals surface area contributed by atoms with E-state index < -0.39 is 23.8 Å². The molecule has 2 amide bonds. The van der Waals surface area contributed by atoms with Gasteiger partial charge in [0, 0.05) is 13.6 Å². The van der Waals surface area contributed by atoms with E-state index in [0.717, 1.165) is 12.0 Å². The van der Waals surface area contributed by atoms with Crippen LogP contribution in [0.15, 0.2) is 54.6 Å². The van der Waals surface area contributed by atoms with Crippen LogP contribution in [0.2, 0.25) is 0 Å². The summed E-state index contributed by atoms with van der Waals surface area (Å²) in [6, 6.07) is 16.0. The number of rotatable bonds is 14. The van der Waals surface area contributed by atoms with Crippen molar-refractivity contribution in [3.8, 4) is 22.8 Å². The van der Waals surface area contributed by atoms with Crippen molar-refractivity contribution in [3.05, 3.63) is 65.9 Å². The lowest BCUT2D eigenvalue weighted by atomic mass is 10.0. The predicted octanol–water partition coefficient (Wildman–Crippen LogP) is 3.98. The molecule has 0 aliphatic carbocycles. The monoisotopic (exact) mass is 564 g/mol. The van der Waals surface area contributed by atoms with Crippen molar-refractivity contribution in [2.24, 2.45) is 5.92 Å². The molecule has 0 saturated carbocycles. The number of amides is 2. The molecule has 0 fully saturated rings. The average molecular weight is 565 g/mol. The van der Waals surface area contributed by atoms with Gasteiger partial charge in [0.25, 0.3) is 5.91 Å². The molecule has 0 bridgehead atoms. The van der Waals surface area contributed by atoms with E-state index in [0.29, 0.717) is 42.1 Å². The van der Waals surface area contributed by atoms with Gasteiger partial charge < -0.3 is 24.4 Å². The number of nitrogens with zero attached hydrogens (tertiary/aromatic N) is 3. The summed E-state index contributed by atoms with van der Waals surface area (Å²) in [7, 11) is 5.93. The molecule has 220 valence electrons. The summed E-state index contributed by atoms with van der Waals surface area (Å²) in [5, 5.41) is 7.53. The van der Waals surface area contributed by atoms with Crippen LogP contribution in [-0.2, 0) is 27.3 Å². The Labute approximate surface area is 241 Å². The van der Waals surface area contributed by atoms with Gasteiger partial charge in [0.1, 0.15) is 24.1 Å². The van der Waals surface area contributed by atoms with E-state index in [1.165, 1.54) is 19.1 Å². The minimum absolute atomic E-state index is 0.157. The Hall–Kier alpha value is -4.34. The molecule has 10 nitrogen and oxygen atoms in total. The first-order valence-corrected chi connectivity index (χ1v) is 13.7. The second-order valence-corrected chi connectivity index (χ2v) is 9.97. The third kappa shape index (κ3) is 8.09. The summed E-state index contributed by atoms with van der Waals surface area (Å²) in [5.41, 5.74) is 2.53. The van der Waals surface area contributed by atoms with Crippen molar-refractivity contribution in [2.75, 3.05) is 34.9 Å². The van der Waals surface area contributed by atoms with Crippen LogP contribution in [0.1, 0.15) is 42.7 Å². The summed E-state index contributed by atoms with van der Waals surface area (Å²) in [5.74, 6) is 0.0146. The van der Waals surface area contributed by atoms with Crippen molar-refractivity contribution in [1.82, 2.24) is 20.0 Å². The number of carbonyl (C=O) groups is 3. The van der Waals surface area contributed by atoms with E-state index in [9.17, 15) is 14.4 Å². The Bertz CT molecular complexity index is 1300. The van der Waals surface area contributed by atoms with Gasteiger partial charge in [0.15, 0.2) is 5.69 Å². The molecule has 10 heteroatoms. The summed E-state index contributed by atoms with van der Waals surface area (Å²) in [6.45, 7) is 4.55. The van der Waals surface area contributed by atoms with Crippen molar-refractivity contribution >= 4 is 17.8 Å². The molecular weight excluding hydrogens is 524 g/mol. The van der Waals surface area contributed by atoms with Crippen LogP contribution >= 0.6 is 0 Å². The molecule has 3 rings (SSSR count). The normalized spacial score (nSPS) is 12.2. The minimum Gasteiger partial charge on any atom is -0.496 e. The van der Waals surface area contributed by atoms with Gasteiger partial charge >= 0.3 is 5.97 Å². The first-order valence-electron chi connectivity index (χ1n) is 13.7. The molecule has 0 aliphatic heterocycles. The fourth-order valence-electron chi connectivity index (χ4n) is 4.44. The smallest absolute Gasteiger partial charge is 0.325 e. The van der Waals surface area contributed by atoms with Gasteiger partial charge in [0.05, 0.1) is 32.6 Å². The van der Waals surface area contributed by atoms with Crippen LogP contribution in [0.5, 0.6) is 11.5 Å². The van der Waals surface area contributed by atoms with Gasteiger partial charge in [-0.1, -0.05) is 56.7 Å². The van der Waals surface area contributed by atoms with Crippen molar-refractivity contribution in [1.29, 1.82) is 0 Å². The Morgan fingerprint density at radius 2 is 1.66 bits per heavy atom. The number of hydrogen-bond acceptors (Lipinski definition) is 7. The Balaban J connectivity index is 1.96. The van der Waals surface area contributed by atoms with Crippen LogP contribution in [0.25, 0.3) is 11.3 Å². The summed E-state index contributed by atoms with van der Waals surface area (Å²) >= 11 is 0. The summed E-state index contributed by atoms with van der Waals surface area (Å²) in [4.78, 5) is 40.1. The molecule has 3 aromatic rings. The highest BCUT2D eigenvalue weighted by Gasteiger charge is 2.28. The first kappa shape index (κ1) is 31.2. The molecule has 2 atom stereocenters. The summed E-state index contributed by atoms with van der Waals surface area (Å²) < 4.78 is 17.8. The van der Waals surface area contributed by atoms with E-state index in [2.05, 4.69) is 24.3 Å². The van der Waals surface area contributed by atoms with Gasteiger partial charge in [-0.2, -0.15) is 5.10 Å². The van der Waals surface area contributed by atoms with Gasteiger partial charge in [-0.25, -0.2) is 0 Å². The zero-order chi connectivity index (χ0) is 29.9. The molecule has 0 aliphatic rings. The number of likely N-dealkylation sites (N-methyl/N-ethyl adjacent to an activating group) is 1. The van der Waals surface area contributed by atoms with E-state index >= 15 is 0 Å². The number of benzene rings is 2. The van der Waals surface area contributed by atoms with E-state index in [1.54, 1.807) is 25.0 Å². The molecule has 0 radical (unpaired) electrons. The lowest BCUT2D eigenvalue weighted by molar-refractivity contribution is -0.146. The number of ether oxygens (including phenoxy) is 3. The quantitative estimate of drug-likeness (QED) is 0.295. The SMILES string of the molecule is CCC(C)Cn1nc(C(=O)N[C@@H](CCc2ccccc2)C(=O)N(C)CC(=O)OC)cc1-c1c(OC)cccc1OC. The van der Waals surface area contributed by atoms with Crippen LogP contribution in [0.4, 0.5) is 0 Å². The third-order valence-electron chi connectivity index (χ3n) is 7.02. The standard InChI is InChI=1S/C31H40N4O6/c1-7-21(2)19-35-25(29-26(39-4)14-11-15-27(29)40-5)18-24(33-35)30(37)32-23(17-16-22-12-9-8-10-13-22)31(38)34(3)20-28(36)41-6/h8-15,18,21,23H,7,16-17,19-20H2,1-6H3,(H,32,37)/t21?,23-/m0/s1. The number of hydrogen-bond donors (Lipinski definition) is 1. The fourth-order valence-corrected chi connectivity index (χ4v) is 4.44. The van der Waals surface area contributed by atoms with E-state index in [1.807, 2.05) is 48.5 Å². The number of aryl methyl sites for hydroxylation is 1. The van der Waals surface area contributed by atoms with Gasteiger partial charge in [-0.05, 0) is 42.5 Å². The maximum Gasteiger partial charge on any atom is 0.325 e. The number of methoxy groups -OCH3 is 3. The number of aromatic nitrogens is 2. The molecule has 0 spiro atoms. The van der Waals surface area contributed by atoms with Crippen LogP contribution in [0, 0.1) is 5.92 Å². The zero-order valence-corrected chi connectivity index (χ0v) is 24.7. The summed E-state index contributed by atoms with van der Waals surface area (Å²) in [6.07, 6.45) is 1.81. The van der Waals surface area contributed by atoms with Gasteiger partial charge in [-0.3, -0.25) is 19.1 Å². The highest BCUT2D eigenvalue weighted by atomic mass is 16.5. The molecule has 2 aromatic carbocycles. The Kier molecular flexibility index (Phi) is 11.3.